The lowest BCUT2D eigenvalue weighted by Gasteiger charge is -2.10. The Hall–Kier alpha value is -1.74. The average molecular weight is 243 g/mol. The average Bonchev–Trinajstić information content (AvgIpc) is 3.01. The Bertz CT molecular complexity index is 617. The van der Waals surface area contributed by atoms with Crippen LogP contribution in [0.1, 0.15) is 18.9 Å². The van der Waals surface area contributed by atoms with Crippen molar-refractivity contribution in [3.63, 3.8) is 0 Å². The van der Waals surface area contributed by atoms with E-state index in [1.165, 1.54) is 10.9 Å². The summed E-state index contributed by atoms with van der Waals surface area (Å²) in [6, 6.07) is 6.55. The van der Waals surface area contributed by atoms with Gasteiger partial charge in [0.2, 0.25) is 0 Å². The van der Waals surface area contributed by atoms with E-state index in [1.54, 1.807) is 12.5 Å². The zero-order valence-electron chi connectivity index (χ0n) is 10.7. The van der Waals surface area contributed by atoms with Gasteiger partial charge >= 0.3 is 0 Å². The zero-order chi connectivity index (χ0) is 12.5. The van der Waals surface area contributed by atoms with E-state index >= 15 is 0 Å². The van der Waals surface area contributed by atoms with E-state index in [4.69, 9.17) is 8.83 Å². The summed E-state index contributed by atoms with van der Waals surface area (Å²) in [5.74, 6) is 0. The lowest BCUT2D eigenvalue weighted by molar-refractivity contribution is 0.560. The third-order valence-corrected chi connectivity index (χ3v) is 3.60. The third-order valence-electron chi connectivity index (χ3n) is 3.60. The second kappa shape index (κ2) is 4.50. The number of furan rings is 2. The summed E-state index contributed by atoms with van der Waals surface area (Å²) in [5, 5.41) is 5.55. The summed E-state index contributed by atoms with van der Waals surface area (Å²) in [5.41, 5.74) is 3.19. The molecule has 0 amide bonds. The van der Waals surface area contributed by atoms with Crippen molar-refractivity contribution in [2.24, 2.45) is 0 Å². The Kier molecular flexibility index (Phi) is 2.84. The molecule has 3 rings (SSSR count). The van der Waals surface area contributed by atoms with Gasteiger partial charge in [-0.2, -0.15) is 0 Å². The molecule has 1 unspecified atom stereocenters. The quantitative estimate of drug-likeness (QED) is 0.759. The molecule has 2 aromatic heterocycles. The van der Waals surface area contributed by atoms with Crippen molar-refractivity contribution < 1.29 is 8.83 Å². The smallest absolute Gasteiger partial charge is 0.137 e. The number of hydrogen-bond donors (Lipinski definition) is 1. The standard InChI is InChI=1S/C15H17NO2/c1-10(16-2)3-4-13-12-6-8-17-14(12)9-11-5-7-18-15(11)13/h5-10,16H,3-4H2,1-2H3. The number of benzene rings is 1. The first-order chi connectivity index (χ1) is 8.79. The van der Waals surface area contributed by atoms with Crippen LogP contribution in [0, 0.1) is 0 Å². The summed E-state index contributed by atoms with van der Waals surface area (Å²) >= 11 is 0. The number of aryl methyl sites for hydroxylation is 1. The van der Waals surface area contributed by atoms with Crippen molar-refractivity contribution in [2.75, 3.05) is 7.05 Å². The summed E-state index contributed by atoms with van der Waals surface area (Å²) in [4.78, 5) is 0. The molecule has 0 aliphatic rings. The van der Waals surface area contributed by atoms with Crippen LogP contribution in [0.15, 0.2) is 39.6 Å². The topological polar surface area (TPSA) is 38.3 Å². The van der Waals surface area contributed by atoms with Gasteiger partial charge in [-0.15, -0.1) is 0 Å². The van der Waals surface area contributed by atoms with E-state index in [2.05, 4.69) is 12.2 Å². The van der Waals surface area contributed by atoms with Crippen LogP contribution in [-0.2, 0) is 6.42 Å². The first-order valence-corrected chi connectivity index (χ1v) is 6.33. The third kappa shape index (κ3) is 1.81. The van der Waals surface area contributed by atoms with E-state index in [-0.39, 0.29) is 0 Å². The predicted octanol–water partition coefficient (Wildman–Crippen LogP) is 3.72. The van der Waals surface area contributed by atoms with Crippen molar-refractivity contribution in [1.82, 2.24) is 5.32 Å². The highest BCUT2D eigenvalue weighted by Crippen LogP contribution is 2.31. The van der Waals surface area contributed by atoms with Gasteiger partial charge in [-0.05, 0) is 45.0 Å². The number of nitrogens with one attached hydrogen (secondary N) is 1. The van der Waals surface area contributed by atoms with Gasteiger partial charge in [0.25, 0.3) is 0 Å². The normalized spacial score (nSPS) is 13.4. The van der Waals surface area contributed by atoms with Gasteiger partial charge in [0.1, 0.15) is 11.2 Å². The van der Waals surface area contributed by atoms with Crippen molar-refractivity contribution in [3.05, 3.63) is 36.3 Å². The molecular weight excluding hydrogens is 226 g/mol. The molecular formula is C15H17NO2. The molecule has 0 bridgehead atoms. The molecule has 2 heterocycles. The van der Waals surface area contributed by atoms with Crippen molar-refractivity contribution in [2.45, 2.75) is 25.8 Å². The van der Waals surface area contributed by atoms with Gasteiger partial charge in [-0.3, -0.25) is 0 Å². The first-order valence-electron chi connectivity index (χ1n) is 6.33. The number of hydrogen-bond acceptors (Lipinski definition) is 3. The zero-order valence-corrected chi connectivity index (χ0v) is 10.7. The predicted molar refractivity (Wildman–Crippen MR) is 72.8 cm³/mol. The number of rotatable bonds is 4. The van der Waals surface area contributed by atoms with E-state index in [1.807, 2.05) is 25.2 Å². The van der Waals surface area contributed by atoms with Crippen LogP contribution in [0.2, 0.25) is 0 Å². The molecule has 94 valence electrons. The minimum absolute atomic E-state index is 0.497. The van der Waals surface area contributed by atoms with Gasteiger partial charge in [-0.1, -0.05) is 0 Å². The van der Waals surface area contributed by atoms with Crippen LogP contribution in [0.3, 0.4) is 0 Å². The Labute approximate surface area is 106 Å². The maximum absolute atomic E-state index is 5.63. The van der Waals surface area contributed by atoms with Crippen LogP contribution < -0.4 is 5.32 Å². The number of fused-ring (bicyclic) bond motifs is 2. The van der Waals surface area contributed by atoms with Crippen LogP contribution in [-0.4, -0.2) is 13.1 Å². The lowest BCUT2D eigenvalue weighted by Crippen LogP contribution is -2.21. The molecule has 1 N–H and O–H groups in total. The molecule has 0 aliphatic heterocycles. The highest BCUT2D eigenvalue weighted by Gasteiger charge is 2.13. The fourth-order valence-corrected chi connectivity index (χ4v) is 2.38. The maximum Gasteiger partial charge on any atom is 0.137 e. The van der Waals surface area contributed by atoms with Crippen molar-refractivity contribution >= 4 is 21.9 Å². The van der Waals surface area contributed by atoms with Crippen LogP contribution in [0.25, 0.3) is 21.9 Å². The molecule has 0 saturated carbocycles. The van der Waals surface area contributed by atoms with Gasteiger partial charge in [-0.25, -0.2) is 0 Å². The monoisotopic (exact) mass is 243 g/mol. The molecule has 0 saturated heterocycles. The molecule has 1 aromatic carbocycles. The highest BCUT2D eigenvalue weighted by atomic mass is 16.3. The Morgan fingerprint density at radius 3 is 2.89 bits per heavy atom. The van der Waals surface area contributed by atoms with Crippen LogP contribution in [0.4, 0.5) is 0 Å². The fourth-order valence-electron chi connectivity index (χ4n) is 2.38. The van der Waals surface area contributed by atoms with Gasteiger partial charge in [0, 0.05) is 22.4 Å². The molecule has 3 heteroatoms. The lowest BCUT2D eigenvalue weighted by atomic mass is 10.0. The van der Waals surface area contributed by atoms with Crippen molar-refractivity contribution in [3.8, 4) is 0 Å². The summed E-state index contributed by atoms with van der Waals surface area (Å²) < 4.78 is 11.1. The fraction of sp³-hybridized carbons (Fsp3) is 0.333. The first kappa shape index (κ1) is 11.4. The van der Waals surface area contributed by atoms with E-state index in [0.29, 0.717) is 6.04 Å². The minimum Gasteiger partial charge on any atom is -0.464 e. The summed E-state index contributed by atoms with van der Waals surface area (Å²) in [6.07, 6.45) is 5.56. The second-order valence-corrected chi connectivity index (χ2v) is 4.75. The summed E-state index contributed by atoms with van der Waals surface area (Å²) in [6.45, 7) is 2.19. The molecule has 0 spiro atoms. The van der Waals surface area contributed by atoms with E-state index < -0.39 is 0 Å². The SMILES string of the molecule is CNC(C)CCc1c2ccoc2cc2ccoc12. The Balaban J connectivity index is 2.09. The maximum atomic E-state index is 5.63. The highest BCUT2D eigenvalue weighted by molar-refractivity contribution is 5.97. The van der Waals surface area contributed by atoms with Gasteiger partial charge in [0.15, 0.2) is 0 Å². The van der Waals surface area contributed by atoms with E-state index in [9.17, 15) is 0 Å². The largest absolute Gasteiger partial charge is 0.464 e. The molecule has 0 aliphatic carbocycles. The molecule has 18 heavy (non-hydrogen) atoms. The molecule has 0 fully saturated rings. The van der Waals surface area contributed by atoms with Gasteiger partial charge < -0.3 is 14.2 Å². The van der Waals surface area contributed by atoms with Gasteiger partial charge in [0.05, 0.1) is 12.5 Å². The summed E-state index contributed by atoms with van der Waals surface area (Å²) in [7, 11) is 1.99. The molecule has 0 radical (unpaired) electrons. The molecule has 3 nitrogen and oxygen atoms in total. The van der Waals surface area contributed by atoms with E-state index in [0.717, 1.165) is 29.4 Å². The molecule has 1 atom stereocenters. The van der Waals surface area contributed by atoms with Crippen LogP contribution >= 0.6 is 0 Å². The minimum atomic E-state index is 0.497. The Morgan fingerprint density at radius 2 is 2.06 bits per heavy atom. The van der Waals surface area contributed by atoms with Crippen molar-refractivity contribution in [1.29, 1.82) is 0 Å². The Morgan fingerprint density at radius 1 is 1.22 bits per heavy atom. The molecule has 3 aromatic rings. The van der Waals surface area contributed by atoms with Crippen LogP contribution in [0.5, 0.6) is 0 Å². The second-order valence-electron chi connectivity index (χ2n) is 4.75.